The summed E-state index contributed by atoms with van der Waals surface area (Å²) in [5.74, 6) is 1.01. The summed E-state index contributed by atoms with van der Waals surface area (Å²) in [6.07, 6.45) is 0.144. The summed E-state index contributed by atoms with van der Waals surface area (Å²) >= 11 is 1.63. The minimum absolute atomic E-state index is 0.111. The number of benzene rings is 2. The quantitative estimate of drug-likeness (QED) is 0.508. The molecule has 158 valence electrons. The van der Waals surface area contributed by atoms with Crippen molar-refractivity contribution in [3.05, 3.63) is 70.2 Å². The number of rotatable bonds is 8. The Bertz CT molecular complexity index is 993. The lowest BCUT2D eigenvalue weighted by atomic mass is 10.0. The van der Waals surface area contributed by atoms with Crippen LogP contribution >= 0.6 is 11.3 Å². The molecule has 2 aromatic carbocycles. The van der Waals surface area contributed by atoms with Gasteiger partial charge in [-0.1, -0.05) is 55.8 Å². The third-order valence-electron chi connectivity index (χ3n) is 4.99. The van der Waals surface area contributed by atoms with Crippen LogP contribution in [0, 0.1) is 13.8 Å². The summed E-state index contributed by atoms with van der Waals surface area (Å²) in [7, 11) is 0. The minimum atomic E-state index is -0.553. The lowest BCUT2D eigenvalue weighted by molar-refractivity contribution is -0.127. The molecule has 0 aliphatic heterocycles. The molecule has 1 atom stereocenters. The Morgan fingerprint density at radius 2 is 1.77 bits per heavy atom. The number of nitrogens with zero attached hydrogens (tertiary/aromatic N) is 1. The van der Waals surface area contributed by atoms with Crippen molar-refractivity contribution in [2.24, 2.45) is 0 Å². The molecular formula is C25H30N2O2S. The summed E-state index contributed by atoms with van der Waals surface area (Å²) in [5, 5.41) is 6.04. The van der Waals surface area contributed by atoms with Crippen LogP contribution in [0.1, 0.15) is 49.1 Å². The monoisotopic (exact) mass is 422 g/mol. The van der Waals surface area contributed by atoms with Crippen LogP contribution in [-0.4, -0.2) is 23.5 Å². The van der Waals surface area contributed by atoms with E-state index >= 15 is 0 Å². The summed E-state index contributed by atoms with van der Waals surface area (Å²) in [6, 6.07) is 14.5. The number of aryl methyl sites for hydroxylation is 2. The van der Waals surface area contributed by atoms with E-state index in [1.165, 1.54) is 5.56 Å². The second-order valence-corrected chi connectivity index (χ2v) is 8.87. The molecule has 5 heteroatoms. The SMILES string of the molecule is Cc1ccc(-c2nc(CCNC(=O)C(C)Oc3cc(C)ccc3C(C)C)cs2)cc1. The maximum atomic E-state index is 12.5. The number of ether oxygens (including phenoxy) is 1. The Balaban J connectivity index is 1.52. The zero-order chi connectivity index (χ0) is 21.7. The molecular weight excluding hydrogens is 392 g/mol. The van der Waals surface area contributed by atoms with Crippen LogP contribution in [0.2, 0.25) is 0 Å². The van der Waals surface area contributed by atoms with Gasteiger partial charge >= 0.3 is 0 Å². The summed E-state index contributed by atoms with van der Waals surface area (Å²) < 4.78 is 6.00. The average molecular weight is 423 g/mol. The van der Waals surface area contributed by atoms with E-state index < -0.39 is 6.10 Å². The standard InChI is InChI=1S/C25H30N2O2S/c1-16(2)22-11-8-18(4)14-23(22)29-19(5)24(28)26-13-12-21-15-30-25(27-21)20-9-6-17(3)7-10-20/h6-11,14-16,19H,12-13H2,1-5H3,(H,26,28). The Labute approximate surface area is 183 Å². The maximum Gasteiger partial charge on any atom is 0.260 e. The van der Waals surface area contributed by atoms with Crippen LogP contribution in [-0.2, 0) is 11.2 Å². The second-order valence-electron chi connectivity index (χ2n) is 8.01. The summed E-state index contributed by atoms with van der Waals surface area (Å²) in [4.78, 5) is 17.2. The lowest BCUT2D eigenvalue weighted by Crippen LogP contribution is -2.37. The molecule has 3 rings (SSSR count). The molecule has 1 aromatic heterocycles. The third-order valence-corrected chi connectivity index (χ3v) is 5.93. The Morgan fingerprint density at radius 3 is 2.47 bits per heavy atom. The highest BCUT2D eigenvalue weighted by molar-refractivity contribution is 7.13. The van der Waals surface area contributed by atoms with Crippen LogP contribution in [0.3, 0.4) is 0 Å². The summed E-state index contributed by atoms with van der Waals surface area (Å²) in [6.45, 7) is 10.7. The molecule has 0 fully saturated rings. The molecule has 4 nitrogen and oxygen atoms in total. The number of carbonyl (C=O) groups excluding carboxylic acids is 1. The zero-order valence-corrected chi connectivity index (χ0v) is 19.2. The second kappa shape index (κ2) is 9.90. The smallest absolute Gasteiger partial charge is 0.260 e. The highest BCUT2D eigenvalue weighted by Crippen LogP contribution is 2.28. The van der Waals surface area contributed by atoms with E-state index in [1.807, 2.05) is 13.0 Å². The van der Waals surface area contributed by atoms with Crippen molar-refractivity contribution >= 4 is 17.2 Å². The first kappa shape index (κ1) is 22.0. The highest BCUT2D eigenvalue weighted by atomic mass is 32.1. The third kappa shape index (κ3) is 5.70. The van der Waals surface area contributed by atoms with Gasteiger partial charge in [0, 0.05) is 23.9 Å². The summed E-state index contributed by atoms with van der Waals surface area (Å²) in [5.41, 5.74) is 5.59. The first-order valence-electron chi connectivity index (χ1n) is 10.4. The lowest BCUT2D eigenvalue weighted by Gasteiger charge is -2.19. The van der Waals surface area contributed by atoms with Gasteiger partial charge in [0.15, 0.2) is 6.10 Å². The van der Waals surface area contributed by atoms with Gasteiger partial charge in [-0.15, -0.1) is 11.3 Å². The Hall–Kier alpha value is -2.66. The fourth-order valence-electron chi connectivity index (χ4n) is 3.17. The molecule has 0 bridgehead atoms. The first-order valence-corrected chi connectivity index (χ1v) is 11.3. The van der Waals surface area contributed by atoms with Crippen molar-refractivity contribution in [1.29, 1.82) is 0 Å². The zero-order valence-electron chi connectivity index (χ0n) is 18.4. The number of aromatic nitrogens is 1. The molecule has 1 unspecified atom stereocenters. The van der Waals surface area contributed by atoms with Gasteiger partial charge in [0.25, 0.3) is 5.91 Å². The predicted molar refractivity (Wildman–Crippen MR) is 124 cm³/mol. The molecule has 0 aliphatic carbocycles. The molecule has 1 heterocycles. The van der Waals surface area contributed by atoms with E-state index in [0.29, 0.717) is 18.9 Å². The van der Waals surface area contributed by atoms with Gasteiger partial charge < -0.3 is 10.1 Å². The number of carbonyl (C=O) groups is 1. The van der Waals surface area contributed by atoms with Crippen molar-refractivity contribution < 1.29 is 9.53 Å². The number of nitrogens with one attached hydrogen (secondary N) is 1. The van der Waals surface area contributed by atoms with E-state index in [0.717, 1.165) is 33.1 Å². The molecule has 0 saturated heterocycles. The molecule has 3 aromatic rings. The Kier molecular flexibility index (Phi) is 7.27. The first-order chi connectivity index (χ1) is 14.3. The van der Waals surface area contributed by atoms with Crippen LogP contribution < -0.4 is 10.1 Å². The van der Waals surface area contributed by atoms with Gasteiger partial charge in [-0.3, -0.25) is 4.79 Å². The number of amides is 1. The fourth-order valence-corrected chi connectivity index (χ4v) is 4.03. The van der Waals surface area contributed by atoms with Crippen molar-refractivity contribution in [1.82, 2.24) is 10.3 Å². The molecule has 1 N–H and O–H groups in total. The number of hydrogen-bond acceptors (Lipinski definition) is 4. The molecule has 0 spiro atoms. The number of thiazole rings is 1. The van der Waals surface area contributed by atoms with Crippen LogP contribution in [0.5, 0.6) is 5.75 Å². The van der Waals surface area contributed by atoms with Gasteiger partial charge in [0.2, 0.25) is 0 Å². The normalized spacial score (nSPS) is 12.1. The molecule has 0 radical (unpaired) electrons. The van der Waals surface area contributed by atoms with E-state index in [2.05, 4.69) is 67.9 Å². The van der Waals surface area contributed by atoms with E-state index in [-0.39, 0.29) is 5.91 Å². The molecule has 1 amide bonds. The van der Waals surface area contributed by atoms with Gasteiger partial charge in [-0.25, -0.2) is 4.98 Å². The fraction of sp³-hybridized carbons (Fsp3) is 0.360. The van der Waals surface area contributed by atoms with Crippen LogP contribution in [0.4, 0.5) is 0 Å². The molecule has 0 aliphatic rings. The van der Waals surface area contributed by atoms with Gasteiger partial charge in [-0.2, -0.15) is 0 Å². The van der Waals surface area contributed by atoms with E-state index in [4.69, 9.17) is 9.72 Å². The number of hydrogen-bond donors (Lipinski definition) is 1. The van der Waals surface area contributed by atoms with Crippen LogP contribution in [0.15, 0.2) is 47.8 Å². The van der Waals surface area contributed by atoms with Crippen molar-refractivity contribution in [3.63, 3.8) is 0 Å². The minimum Gasteiger partial charge on any atom is -0.481 e. The molecule has 30 heavy (non-hydrogen) atoms. The van der Waals surface area contributed by atoms with E-state index in [9.17, 15) is 4.79 Å². The van der Waals surface area contributed by atoms with Crippen molar-refractivity contribution in [2.45, 2.75) is 53.1 Å². The largest absolute Gasteiger partial charge is 0.481 e. The topological polar surface area (TPSA) is 51.2 Å². The van der Waals surface area contributed by atoms with E-state index in [1.54, 1.807) is 18.3 Å². The molecule has 0 saturated carbocycles. The van der Waals surface area contributed by atoms with Gasteiger partial charge in [0.05, 0.1) is 5.69 Å². The highest BCUT2D eigenvalue weighted by Gasteiger charge is 2.17. The average Bonchev–Trinajstić information content (AvgIpc) is 3.17. The predicted octanol–water partition coefficient (Wildman–Crippen LogP) is 5.68. The van der Waals surface area contributed by atoms with Gasteiger partial charge in [-0.05, 0) is 43.9 Å². The van der Waals surface area contributed by atoms with Gasteiger partial charge in [0.1, 0.15) is 10.8 Å². The van der Waals surface area contributed by atoms with Crippen LogP contribution in [0.25, 0.3) is 10.6 Å². The Morgan fingerprint density at radius 1 is 1.07 bits per heavy atom. The van der Waals surface area contributed by atoms with Crippen molar-refractivity contribution in [2.75, 3.05) is 6.54 Å². The maximum absolute atomic E-state index is 12.5. The van der Waals surface area contributed by atoms with Crippen molar-refractivity contribution in [3.8, 4) is 16.3 Å².